The van der Waals surface area contributed by atoms with E-state index in [1.165, 1.54) is 0 Å². The molecule has 3 nitrogen and oxygen atoms in total. The highest BCUT2D eigenvalue weighted by Crippen LogP contribution is 2.26. The van der Waals surface area contributed by atoms with E-state index in [0.717, 1.165) is 15.7 Å². The van der Waals surface area contributed by atoms with Crippen molar-refractivity contribution in [2.75, 3.05) is 17.7 Å². The van der Waals surface area contributed by atoms with Gasteiger partial charge < -0.3 is 10.6 Å². The molecule has 0 spiro atoms. The minimum absolute atomic E-state index is 0.172. The summed E-state index contributed by atoms with van der Waals surface area (Å²) in [4.78, 5) is 12.3. The Balaban J connectivity index is 2.24. The second kappa shape index (κ2) is 6.29. The molecule has 0 unspecified atom stereocenters. The molecule has 0 bridgehead atoms. The van der Waals surface area contributed by atoms with Crippen LogP contribution < -0.4 is 10.6 Å². The minimum Gasteiger partial charge on any atom is -0.388 e. The first-order valence-corrected chi connectivity index (χ1v) is 7.23. The third-order valence-corrected chi connectivity index (χ3v) is 3.74. The van der Waals surface area contributed by atoms with E-state index in [0.29, 0.717) is 16.3 Å². The maximum absolute atomic E-state index is 12.3. The number of hydrogen-bond acceptors (Lipinski definition) is 2. The van der Waals surface area contributed by atoms with E-state index in [1.807, 2.05) is 32.2 Å². The zero-order valence-electron chi connectivity index (χ0n) is 11.1. The first-order valence-electron chi connectivity index (χ1n) is 6.06. The lowest BCUT2D eigenvalue weighted by Gasteiger charge is -2.10. The number of aryl methyl sites for hydroxylation is 1. The van der Waals surface area contributed by atoms with E-state index in [1.54, 1.807) is 18.2 Å². The number of amides is 1. The van der Waals surface area contributed by atoms with E-state index >= 15 is 0 Å². The molecule has 0 aliphatic rings. The van der Waals surface area contributed by atoms with Crippen LogP contribution in [0.1, 0.15) is 15.9 Å². The highest BCUT2D eigenvalue weighted by Gasteiger charge is 2.11. The molecule has 0 saturated heterocycles. The highest BCUT2D eigenvalue weighted by molar-refractivity contribution is 9.10. The fourth-order valence-corrected chi connectivity index (χ4v) is 2.58. The Hall–Kier alpha value is -1.52. The Kier molecular flexibility index (Phi) is 4.68. The van der Waals surface area contributed by atoms with Gasteiger partial charge in [0.15, 0.2) is 0 Å². The maximum Gasteiger partial charge on any atom is 0.255 e. The lowest BCUT2D eigenvalue weighted by atomic mass is 10.1. The predicted octanol–water partition coefficient (Wildman–Crippen LogP) is 4.70. The van der Waals surface area contributed by atoms with Gasteiger partial charge in [-0.25, -0.2) is 0 Å². The second-order valence-electron chi connectivity index (χ2n) is 4.36. The molecule has 0 saturated carbocycles. The van der Waals surface area contributed by atoms with Crippen LogP contribution in [-0.4, -0.2) is 13.0 Å². The standard InChI is InChI=1S/C15H14BrClN2O/c1-9-7-11(18-2)4-5-12(9)15(20)19-14-6-3-10(16)8-13(14)17/h3-8,18H,1-2H3,(H,19,20). The van der Waals surface area contributed by atoms with Crippen LogP contribution in [-0.2, 0) is 0 Å². The molecule has 5 heteroatoms. The number of benzene rings is 2. The third-order valence-electron chi connectivity index (χ3n) is 2.94. The number of anilines is 2. The van der Waals surface area contributed by atoms with Crippen molar-refractivity contribution in [3.8, 4) is 0 Å². The van der Waals surface area contributed by atoms with E-state index in [-0.39, 0.29) is 5.91 Å². The van der Waals surface area contributed by atoms with Crippen molar-refractivity contribution in [2.24, 2.45) is 0 Å². The van der Waals surface area contributed by atoms with Crippen molar-refractivity contribution in [1.82, 2.24) is 0 Å². The van der Waals surface area contributed by atoms with Crippen molar-refractivity contribution in [2.45, 2.75) is 6.92 Å². The van der Waals surface area contributed by atoms with Crippen LogP contribution in [0.3, 0.4) is 0 Å². The van der Waals surface area contributed by atoms with Gasteiger partial charge in [-0.2, -0.15) is 0 Å². The van der Waals surface area contributed by atoms with Crippen LogP contribution >= 0.6 is 27.5 Å². The Morgan fingerprint density at radius 2 is 1.95 bits per heavy atom. The van der Waals surface area contributed by atoms with Crippen molar-refractivity contribution in [3.05, 3.63) is 57.0 Å². The largest absolute Gasteiger partial charge is 0.388 e. The van der Waals surface area contributed by atoms with Gasteiger partial charge >= 0.3 is 0 Å². The molecule has 2 aromatic rings. The zero-order valence-corrected chi connectivity index (χ0v) is 13.5. The summed E-state index contributed by atoms with van der Waals surface area (Å²) in [5.41, 5.74) is 3.10. The SMILES string of the molecule is CNc1ccc(C(=O)Nc2ccc(Br)cc2Cl)c(C)c1. The van der Waals surface area contributed by atoms with Gasteiger partial charge in [-0.3, -0.25) is 4.79 Å². The molecule has 0 atom stereocenters. The van der Waals surface area contributed by atoms with Crippen LogP contribution in [0.25, 0.3) is 0 Å². The smallest absolute Gasteiger partial charge is 0.255 e. The number of halogens is 2. The van der Waals surface area contributed by atoms with Crippen molar-refractivity contribution in [3.63, 3.8) is 0 Å². The molecular formula is C15H14BrClN2O. The fraction of sp³-hybridized carbons (Fsp3) is 0.133. The average Bonchev–Trinajstić information content (AvgIpc) is 2.41. The van der Waals surface area contributed by atoms with Gasteiger partial charge in [0, 0.05) is 22.8 Å². The second-order valence-corrected chi connectivity index (χ2v) is 5.68. The van der Waals surface area contributed by atoms with Gasteiger partial charge in [-0.15, -0.1) is 0 Å². The summed E-state index contributed by atoms with van der Waals surface area (Å²) in [6.45, 7) is 1.90. The summed E-state index contributed by atoms with van der Waals surface area (Å²) >= 11 is 9.42. The van der Waals surface area contributed by atoms with Gasteiger partial charge in [0.05, 0.1) is 10.7 Å². The van der Waals surface area contributed by atoms with Crippen molar-refractivity contribution >= 4 is 44.8 Å². The summed E-state index contributed by atoms with van der Waals surface area (Å²) in [7, 11) is 1.84. The molecule has 0 aliphatic heterocycles. The molecule has 2 rings (SSSR count). The lowest BCUT2D eigenvalue weighted by Crippen LogP contribution is -2.13. The lowest BCUT2D eigenvalue weighted by molar-refractivity contribution is 0.102. The number of rotatable bonds is 3. The zero-order chi connectivity index (χ0) is 14.7. The summed E-state index contributed by atoms with van der Waals surface area (Å²) in [5.74, 6) is -0.172. The average molecular weight is 354 g/mol. The van der Waals surface area contributed by atoms with Crippen LogP contribution in [0.5, 0.6) is 0 Å². The first kappa shape index (κ1) is 14.9. The quantitative estimate of drug-likeness (QED) is 0.839. The Morgan fingerprint density at radius 1 is 1.20 bits per heavy atom. The maximum atomic E-state index is 12.3. The Morgan fingerprint density at radius 3 is 2.55 bits per heavy atom. The predicted molar refractivity (Wildman–Crippen MR) is 87.8 cm³/mol. The summed E-state index contributed by atoms with van der Waals surface area (Å²) in [6.07, 6.45) is 0. The number of carbonyl (C=O) groups is 1. The summed E-state index contributed by atoms with van der Waals surface area (Å²) in [5, 5.41) is 6.36. The Bertz CT molecular complexity index is 658. The van der Waals surface area contributed by atoms with E-state index < -0.39 is 0 Å². The molecule has 20 heavy (non-hydrogen) atoms. The van der Waals surface area contributed by atoms with Crippen LogP contribution in [0.2, 0.25) is 5.02 Å². The molecule has 2 aromatic carbocycles. The van der Waals surface area contributed by atoms with Crippen LogP contribution in [0, 0.1) is 6.92 Å². The van der Waals surface area contributed by atoms with Gasteiger partial charge in [0.2, 0.25) is 0 Å². The third kappa shape index (κ3) is 3.32. The normalized spacial score (nSPS) is 10.2. The monoisotopic (exact) mass is 352 g/mol. The van der Waals surface area contributed by atoms with Gasteiger partial charge in [-0.05, 0) is 48.9 Å². The van der Waals surface area contributed by atoms with Crippen molar-refractivity contribution < 1.29 is 4.79 Å². The van der Waals surface area contributed by atoms with E-state index in [9.17, 15) is 4.79 Å². The van der Waals surface area contributed by atoms with E-state index in [2.05, 4.69) is 26.6 Å². The molecule has 2 N–H and O–H groups in total. The molecule has 0 fully saturated rings. The summed E-state index contributed by atoms with van der Waals surface area (Å²) < 4.78 is 0.870. The van der Waals surface area contributed by atoms with Gasteiger partial charge in [0.25, 0.3) is 5.91 Å². The van der Waals surface area contributed by atoms with Gasteiger partial charge in [0.1, 0.15) is 0 Å². The number of hydrogen-bond donors (Lipinski definition) is 2. The molecule has 1 amide bonds. The topological polar surface area (TPSA) is 41.1 Å². The minimum atomic E-state index is -0.172. The summed E-state index contributed by atoms with van der Waals surface area (Å²) in [6, 6.07) is 10.9. The number of carbonyl (C=O) groups excluding carboxylic acids is 1. The van der Waals surface area contributed by atoms with E-state index in [4.69, 9.17) is 11.6 Å². The van der Waals surface area contributed by atoms with Crippen LogP contribution in [0.15, 0.2) is 40.9 Å². The molecule has 0 aliphatic carbocycles. The van der Waals surface area contributed by atoms with Crippen molar-refractivity contribution in [1.29, 1.82) is 0 Å². The van der Waals surface area contributed by atoms with Gasteiger partial charge in [-0.1, -0.05) is 27.5 Å². The number of nitrogens with one attached hydrogen (secondary N) is 2. The Labute approximate surface area is 131 Å². The first-order chi connectivity index (χ1) is 9.51. The molecule has 0 radical (unpaired) electrons. The molecule has 0 heterocycles. The molecule has 0 aromatic heterocycles. The highest BCUT2D eigenvalue weighted by atomic mass is 79.9. The fourth-order valence-electron chi connectivity index (χ4n) is 1.85. The molecular weight excluding hydrogens is 340 g/mol. The van der Waals surface area contributed by atoms with Crippen LogP contribution in [0.4, 0.5) is 11.4 Å². The molecule has 104 valence electrons.